The Kier molecular flexibility index (Phi) is 7.66. The van der Waals surface area contributed by atoms with Crippen molar-refractivity contribution in [2.45, 2.75) is 39.5 Å². The maximum atomic E-state index is 13.5. The van der Waals surface area contributed by atoms with E-state index in [0.29, 0.717) is 45.4 Å². The smallest absolute Gasteiger partial charge is 0.253 e. The molecule has 6 nitrogen and oxygen atoms in total. The summed E-state index contributed by atoms with van der Waals surface area (Å²) in [7, 11) is 0. The third-order valence-electron chi connectivity index (χ3n) is 5.76. The minimum atomic E-state index is -0.438. The minimum Gasteiger partial charge on any atom is -0.490 e. The van der Waals surface area contributed by atoms with Crippen molar-refractivity contribution in [3.63, 3.8) is 0 Å². The average Bonchev–Trinajstić information content (AvgIpc) is 3.04. The molecule has 1 amide bonds. The van der Waals surface area contributed by atoms with E-state index in [1.54, 1.807) is 0 Å². The van der Waals surface area contributed by atoms with Crippen LogP contribution >= 0.6 is 0 Å². The summed E-state index contributed by atoms with van der Waals surface area (Å²) in [5.41, 5.74) is 2.30. The lowest BCUT2D eigenvalue weighted by Gasteiger charge is -2.35. The maximum absolute atomic E-state index is 13.5. The summed E-state index contributed by atoms with van der Waals surface area (Å²) in [6.45, 7) is 9.67. The van der Waals surface area contributed by atoms with Crippen molar-refractivity contribution >= 4 is 5.91 Å². The monoisotopic (exact) mass is 438 g/mol. The third-order valence-corrected chi connectivity index (χ3v) is 5.76. The molecule has 6 heteroatoms. The van der Waals surface area contributed by atoms with Crippen molar-refractivity contribution in [2.24, 2.45) is 5.92 Å². The molecule has 0 spiro atoms. The molecule has 2 heterocycles. The predicted octanol–water partition coefficient (Wildman–Crippen LogP) is 3.73. The number of ether oxygens (including phenoxy) is 3. The van der Waals surface area contributed by atoms with Crippen LogP contribution in [0.15, 0.2) is 48.5 Å². The SMILES string of the molecule is CC(C)CN(Cc1ccc2c(c1)OCCCO2)C(=O)[C@H]1CN(Cc2ccccc2)CCO1. The number of rotatable bonds is 7. The van der Waals surface area contributed by atoms with Gasteiger partial charge in [0.2, 0.25) is 0 Å². The Balaban J connectivity index is 1.44. The van der Waals surface area contributed by atoms with Crippen molar-refractivity contribution in [1.29, 1.82) is 0 Å². The van der Waals surface area contributed by atoms with Crippen LogP contribution in [0, 0.1) is 5.92 Å². The highest BCUT2D eigenvalue weighted by Crippen LogP contribution is 2.31. The van der Waals surface area contributed by atoms with E-state index in [4.69, 9.17) is 14.2 Å². The van der Waals surface area contributed by atoms with Crippen LogP contribution in [0.25, 0.3) is 0 Å². The van der Waals surface area contributed by atoms with Crippen LogP contribution in [0.1, 0.15) is 31.4 Å². The molecular weight excluding hydrogens is 404 g/mol. The molecule has 32 heavy (non-hydrogen) atoms. The van der Waals surface area contributed by atoms with Crippen molar-refractivity contribution in [3.05, 3.63) is 59.7 Å². The molecule has 0 aromatic heterocycles. The molecule has 2 aliphatic rings. The van der Waals surface area contributed by atoms with Gasteiger partial charge >= 0.3 is 0 Å². The zero-order valence-electron chi connectivity index (χ0n) is 19.2. The highest BCUT2D eigenvalue weighted by atomic mass is 16.5. The topological polar surface area (TPSA) is 51.2 Å². The van der Waals surface area contributed by atoms with Gasteiger partial charge in [-0.2, -0.15) is 0 Å². The zero-order valence-corrected chi connectivity index (χ0v) is 19.2. The van der Waals surface area contributed by atoms with E-state index in [9.17, 15) is 4.79 Å². The number of carbonyl (C=O) groups excluding carboxylic acids is 1. The number of nitrogens with zero attached hydrogens (tertiary/aromatic N) is 2. The molecule has 0 radical (unpaired) electrons. The standard InChI is InChI=1S/C26H34N2O4/c1-20(2)16-28(18-22-9-10-23-24(15-22)31-13-6-12-30-23)26(29)25-19-27(11-14-32-25)17-21-7-4-3-5-8-21/h3-5,7-10,15,20,25H,6,11-14,16-19H2,1-2H3/t25-/m1/s1. The molecule has 1 atom stereocenters. The molecule has 0 N–H and O–H groups in total. The summed E-state index contributed by atoms with van der Waals surface area (Å²) in [6.07, 6.45) is 0.437. The quantitative estimate of drug-likeness (QED) is 0.659. The van der Waals surface area contributed by atoms with Crippen LogP contribution in [-0.2, 0) is 22.6 Å². The van der Waals surface area contributed by atoms with Gasteiger partial charge in [0, 0.05) is 39.1 Å². The first kappa shape index (κ1) is 22.6. The second kappa shape index (κ2) is 10.8. The van der Waals surface area contributed by atoms with E-state index in [1.165, 1.54) is 5.56 Å². The van der Waals surface area contributed by atoms with Gasteiger partial charge in [0.1, 0.15) is 6.10 Å². The van der Waals surface area contributed by atoms with Gasteiger partial charge in [0.25, 0.3) is 5.91 Å². The van der Waals surface area contributed by atoms with Crippen LogP contribution < -0.4 is 9.47 Å². The lowest BCUT2D eigenvalue weighted by Crippen LogP contribution is -2.51. The largest absolute Gasteiger partial charge is 0.490 e. The normalized spacial score (nSPS) is 18.9. The Bertz CT molecular complexity index is 887. The highest BCUT2D eigenvalue weighted by Gasteiger charge is 2.31. The fourth-order valence-corrected chi connectivity index (χ4v) is 4.24. The zero-order chi connectivity index (χ0) is 22.3. The highest BCUT2D eigenvalue weighted by molar-refractivity contribution is 5.81. The van der Waals surface area contributed by atoms with Gasteiger partial charge in [-0.15, -0.1) is 0 Å². The Hall–Kier alpha value is -2.57. The Morgan fingerprint density at radius 1 is 1.03 bits per heavy atom. The third kappa shape index (κ3) is 6.02. The molecule has 0 saturated carbocycles. The molecular formula is C26H34N2O4. The predicted molar refractivity (Wildman–Crippen MR) is 124 cm³/mol. The van der Waals surface area contributed by atoms with E-state index >= 15 is 0 Å². The fourth-order valence-electron chi connectivity index (χ4n) is 4.24. The molecule has 172 valence electrons. The van der Waals surface area contributed by atoms with Gasteiger partial charge in [0.05, 0.1) is 19.8 Å². The van der Waals surface area contributed by atoms with Crippen molar-refractivity contribution in [3.8, 4) is 11.5 Å². The molecule has 1 fully saturated rings. The van der Waals surface area contributed by atoms with E-state index in [1.807, 2.05) is 29.2 Å². The van der Waals surface area contributed by atoms with E-state index in [2.05, 4.69) is 43.0 Å². The van der Waals surface area contributed by atoms with E-state index < -0.39 is 6.10 Å². The summed E-state index contributed by atoms with van der Waals surface area (Å²) in [5, 5.41) is 0. The van der Waals surface area contributed by atoms with Crippen LogP contribution in [0.5, 0.6) is 11.5 Å². The number of fused-ring (bicyclic) bond motifs is 1. The molecule has 0 bridgehead atoms. The average molecular weight is 439 g/mol. The summed E-state index contributed by atoms with van der Waals surface area (Å²) < 4.78 is 17.5. The van der Waals surface area contributed by atoms with Crippen LogP contribution in [0.4, 0.5) is 0 Å². The number of hydrogen-bond donors (Lipinski definition) is 0. The lowest BCUT2D eigenvalue weighted by atomic mass is 10.1. The number of morpholine rings is 1. The molecule has 2 aliphatic heterocycles. The fraction of sp³-hybridized carbons (Fsp3) is 0.500. The van der Waals surface area contributed by atoms with Gasteiger partial charge in [0.15, 0.2) is 11.5 Å². The number of benzene rings is 2. The van der Waals surface area contributed by atoms with Crippen LogP contribution in [-0.4, -0.2) is 61.3 Å². The molecule has 2 aromatic rings. The molecule has 0 aliphatic carbocycles. The van der Waals surface area contributed by atoms with Crippen molar-refractivity contribution in [1.82, 2.24) is 9.80 Å². The summed E-state index contributed by atoms with van der Waals surface area (Å²) in [6, 6.07) is 16.4. The van der Waals surface area contributed by atoms with Crippen molar-refractivity contribution in [2.75, 3.05) is 39.5 Å². The molecule has 4 rings (SSSR count). The van der Waals surface area contributed by atoms with E-state index in [0.717, 1.165) is 36.6 Å². The van der Waals surface area contributed by atoms with Gasteiger partial charge in [-0.05, 0) is 29.2 Å². The first-order chi connectivity index (χ1) is 15.6. The number of amides is 1. The molecule has 0 unspecified atom stereocenters. The second-order valence-corrected chi connectivity index (χ2v) is 9.02. The Morgan fingerprint density at radius 3 is 2.59 bits per heavy atom. The van der Waals surface area contributed by atoms with Gasteiger partial charge in [-0.1, -0.05) is 50.2 Å². The second-order valence-electron chi connectivity index (χ2n) is 9.02. The van der Waals surface area contributed by atoms with Gasteiger partial charge in [-0.25, -0.2) is 0 Å². The van der Waals surface area contributed by atoms with Gasteiger partial charge < -0.3 is 19.1 Å². The summed E-state index contributed by atoms with van der Waals surface area (Å²) in [4.78, 5) is 17.7. The Morgan fingerprint density at radius 2 is 1.81 bits per heavy atom. The minimum absolute atomic E-state index is 0.0589. The van der Waals surface area contributed by atoms with Crippen LogP contribution in [0.2, 0.25) is 0 Å². The number of hydrogen-bond acceptors (Lipinski definition) is 5. The summed E-state index contributed by atoms with van der Waals surface area (Å²) in [5.74, 6) is 1.96. The molecule has 1 saturated heterocycles. The van der Waals surface area contributed by atoms with E-state index in [-0.39, 0.29) is 5.91 Å². The first-order valence-corrected chi connectivity index (χ1v) is 11.6. The number of carbonyl (C=O) groups is 1. The van der Waals surface area contributed by atoms with Crippen LogP contribution in [0.3, 0.4) is 0 Å². The lowest BCUT2D eigenvalue weighted by molar-refractivity contribution is -0.151. The summed E-state index contributed by atoms with van der Waals surface area (Å²) >= 11 is 0. The van der Waals surface area contributed by atoms with Gasteiger partial charge in [-0.3, -0.25) is 9.69 Å². The van der Waals surface area contributed by atoms with Crippen molar-refractivity contribution < 1.29 is 19.0 Å². The first-order valence-electron chi connectivity index (χ1n) is 11.6. The Labute approximate surface area is 191 Å². The maximum Gasteiger partial charge on any atom is 0.253 e. The molecule has 2 aromatic carbocycles.